The lowest BCUT2D eigenvalue weighted by atomic mass is 10.3. The van der Waals surface area contributed by atoms with E-state index in [1.807, 2.05) is 0 Å². The summed E-state index contributed by atoms with van der Waals surface area (Å²) in [6.45, 7) is 0.927. The van der Waals surface area contributed by atoms with Gasteiger partial charge in [-0.15, -0.1) is 0 Å². The van der Waals surface area contributed by atoms with E-state index in [4.69, 9.17) is 4.74 Å². The number of rotatable bonds is 4. The van der Waals surface area contributed by atoms with Crippen molar-refractivity contribution in [2.75, 3.05) is 18.6 Å². The molecule has 0 aromatic rings. The Kier molecular flexibility index (Phi) is 2.66. The smallest absolute Gasteiger partial charge is 0.0810 e. The Labute approximate surface area is 58.0 Å². The SMILES string of the molecule is CS(=O)CCCC1CO1. The predicted octanol–water partition coefficient (Wildman–Crippen LogP) is 0.544. The highest BCUT2D eigenvalue weighted by atomic mass is 32.2. The second-order valence-electron chi connectivity index (χ2n) is 2.37. The maximum Gasteiger partial charge on any atom is 0.0810 e. The zero-order valence-electron chi connectivity index (χ0n) is 5.63. The summed E-state index contributed by atoms with van der Waals surface area (Å²) in [6.07, 6.45) is 4.40. The van der Waals surface area contributed by atoms with Gasteiger partial charge in [0.1, 0.15) is 0 Å². The van der Waals surface area contributed by atoms with E-state index in [-0.39, 0.29) is 0 Å². The van der Waals surface area contributed by atoms with Crippen molar-refractivity contribution in [2.24, 2.45) is 0 Å². The van der Waals surface area contributed by atoms with Crippen molar-refractivity contribution in [1.82, 2.24) is 0 Å². The Balaban J connectivity index is 1.86. The van der Waals surface area contributed by atoms with E-state index in [2.05, 4.69) is 0 Å². The highest BCUT2D eigenvalue weighted by molar-refractivity contribution is 7.84. The molecular formula is C6H12O2S. The lowest BCUT2D eigenvalue weighted by molar-refractivity contribution is 0.395. The topological polar surface area (TPSA) is 29.6 Å². The molecular weight excluding hydrogens is 136 g/mol. The maximum atomic E-state index is 10.5. The van der Waals surface area contributed by atoms with Gasteiger partial charge in [-0.3, -0.25) is 4.21 Å². The molecule has 1 saturated heterocycles. The van der Waals surface area contributed by atoms with Gasteiger partial charge >= 0.3 is 0 Å². The first-order valence-electron chi connectivity index (χ1n) is 3.20. The predicted molar refractivity (Wildman–Crippen MR) is 37.9 cm³/mol. The standard InChI is InChI=1S/C6H12O2S/c1-9(7)4-2-3-6-5-8-6/h6H,2-5H2,1H3. The van der Waals surface area contributed by atoms with Gasteiger partial charge in [-0.05, 0) is 12.8 Å². The maximum absolute atomic E-state index is 10.5. The summed E-state index contributed by atoms with van der Waals surface area (Å²) in [5, 5.41) is 0. The van der Waals surface area contributed by atoms with Gasteiger partial charge in [0, 0.05) is 22.8 Å². The van der Waals surface area contributed by atoms with Crippen LogP contribution >= 0.6 is 0 Å². The summed E-state index contributed by atoms with van der Waals surface area (Å²) in [7, 11) is -0.610. The molecule has 0 radical (unpaired) electrons. The minimum absolute atomic E-state index is 0.508. The molecule has 1 heterocycles. The van der Waals surface area contributed by atoms with E-state index in [1.54, 1.807) is 6.26 Å². The van der Waals surface area contributed by atoms with Gasteiger partial charge in [0.15, 0.2) is 0 Å². The first-order chi connectivity index (χ1) is 4.29. The number of epoxide rings is 1. The Morgan fingerprint density at radius 1 is 1.78 bits per heavy atom. The van der Waals surface area contributed by atoms with Crippen molar-refractivity contribution in [1.29, 1.82) is 0 Å². The van der Waals surface area contributed by atoms with Crippen LogP contribution in [0.4, 0.5) is 0 Å². The Morgan fingerprint density at radius 2 is 2.44 bits per heavy atom. The molecule has 0 saturated carbocycles. The van der Waals surface area contributed by atoms with Gasteiger partial charge in [0.2, 0.25) is 0 Å². The summed E-state index contributed by atoms with van der Waals surface area (Å²) >= 11 is 0. The second-order valence-corrected chi connectivity index (χ2v) is 3.93. The molecule has 1 rings (SSSR count). The molecule has 1 aliphatic rings. The van der Waals surface area contributed by atoms with E-state index in [9.17, 15) is 4.21 Å². The zero-order chi connectivity index (χ0) is 6.69. The fourth-order valence-corrected chi connectivity index (χ4v) is 1.32. The summed E-state index contributed by atoms with van der Waals surface area (Å²) in [4.78, 5) is 0. The molecule has 0 spiro atoms. The van der Waals surface area contributed by atoms with Gasteiger partial charge in [-0.1, -0.05) is 0 Å². The summed E-state index contributed by atoms with van der Waals surface area (Å²) in [6, 6.07) is 0. The quantitative estimate of drug-likeness (QED) is 0.545. The van der Waals surface area contributed by atoms with Crippen molar-refractivity contribution in [3.63, 3.8) is 0 Å². The molecule has 0 aliphatic carbocycles. The third-order valence-corrected chi connectivity index (χ3v) is 2.22. The van der Waals surface area contributed by atoms with Crippen molar-refractivity contribution >= 4 is 10.8 Å². The first-order valence-corrected chi connectivity index (χ1v) is 4.93. The first kappa shape index (κ1) is 7.22. The van der Waals surface area contributed by atoms with Crippen LogP contribution in [0.2, 0.25) is 0 Å². The second kappa shape index (κ2) is 3.32. The van der Waals surface area contributed by atoms with Crippen molar-refractivity contribution in [2.45, 2.75) is 18.9 Å². The van der Waals surface area contributed by atoms with Gasteiger partial charge in [0.05, 0.1) is 12.7 Å². The van der Waals surface area contributed by atoms with Crippen molar-refractivity contribution < 1.29 is 8.95 Å². The molecule has 9 heavy (non-hydrogen) atoms. The highest BCUT2D eigenvalue weighted by Gasteiger charge is 2.21. The molecule has 3 heteroatoms. The van der Waals surface area contributed by atoms with Crippen molar-refractivity contribution in [3.05, 3.63) is 0 Å². The van der Waals surface area contributed by atoms with Crippen LogP contribution in [-0.2, 0) is 15.5 Å². The lowest BCUT2D eigenvalue weighted by Crippen LogP contribution is -1.95. The molecule has 0 amide bonds. The number of hydrogen-bond donors (Lipinski definition) is 0. The fraction of sp³-hybridized carbons (Fsp3) is 1.00. The minimum atomic E-state index is -0.610. The summed E-state index contributed by atoms with van der Waals surface area (Å²) in [5.41, 5.74) is 0. The third kappa shape index (κ3) is 3.65. The van der Waals surface area contributed by atoms with Crippen molar-refractivity contribution in [3.8, 4) is 0 Å². The Morgan fingerprint density at radius 3 is 2.89 bits per heavy atom. The zero-order valence-corrected chi connectivity index (χ0v) is 6.45. The van der Waals surface area contributed by atoms with Crippen LogP contribution in [0.15, 0.2) is 0 Å². The Hall–Kier alpha value is 0.110. The van der Waals surface area contributed by atoms with E-state index in [0.717, 1.165) is 25.2 Å². The van der Waals surface area contributed by atoms with Crippen LogP contribution in [0.3, 0.4) is 0 Å². The molecule has 0 N–H and O–H groups in total. The Bertz CT molecular complexity index is 110. The minimum Gasteiger partial charge on any atom is -0.373 e. The average Bonchev–Trinajstić information content (AvgIpc) is 2.48. The fourth-order valence-electron chi connectivity index (χ4n) is 0.749. The molecule has 54 valence electrons. The number of hydrogen-bond acceptors (Lipinski definition) is 2. The van der Waals surface area contributed by atoms with Crippen LogP contribution in [0, 0.1) is 0 Å². The highest BCUT2D eigenvalue weighted by Crippen LogP contribution is 2.14. The van der Waals surface area contributed by atoms with Gasteiger partial charge < -0.3 is 4.74 Å². The largest absolute Gasteiger partial charge is 0.373 e. The van der Waals surface area contributed by atoms with Crippen LogP contribution < -0.4 is 0 Å². The van der Waals surface area contributed by atoms with Gasteiger partial charge in [-0.2, -0.15) is 0 Å². The van der Waals surface area contributed by atoms with E-state index in [0.29, 0.717) is 6.10 Å². The molecule has 2 unspecified atom stereocenters. The molecule has 2 nitrogen and oxygen atoms in total. The van der Waals surface area contributed by atoms with E-state index >= 15 is 0 Å². The normalized spacial score (nSPS) is 27.9. The third-order valence-electron chi connectivity index (χ3n) is 1.36. The van der Waals surface area contributed by atoms with Crippen LogP contribution in [0.5, 0.6) is 0 Å². The van der Waals surface area contributed by atoms with E-state index < -0.39 is 10.8 Å². The lowest BCUT2D eigenvalue weighted by Gasteiger charge is -1.91. The van der Waals surface area contributed by atoms with Crippen LogP contribution in [0.25, 0.3) is 0 Å². The molecule has 0 aromatic heterocycles. The van der Waals surface area contributed by atoms with Crippen LogP contribution in [-0.4, -0.2) is 28.9 Å². The van der Waals surface area contributed by atoms with Crippen LogP contribution in [0.1, 0.15) is 12.8 Å². The summed E-state index contributed by atoms with van der Waals surface area (Å²) < 4.78 is 15.5. The molecule has 1 fully saturated rings. The summed E-state index contributed by atoms with van der Waals surface area (Å²) in [5.74, 6) is 0.833. The molecule has 0 aromatic carbocycles. The van der Waals surface area contributed by atoms with Gasteiger partial charge in [-0.25, -0.2) is 0 Å². The monoisotopic (exact) mass is 148 g/mol. The average molecular weight is 148 g/mol. The number of ether oxygens (including phenoxy) is 1. The molecule has 1 aliphatic heterocycles. The van der Waals surface area contributed by atoms with E-state index in [1.165, 1.54) is 0 Å². The van der Waals surface area contributed by atoms with Gasteiger partial charge in [0.25, 0.3) is 0 Å². The molecule has 0 bridgehead atoms. The molecule has 2 atom stereocenters.